The van der Waals surface area contributed by atoms with Crippen LogP contribution in [-0.4, -0.2) is 23.9 Å². The van der Waals surface area contributed by atoms with Crippen molar-refractivity contribution in [1.29, 1.82) is 0 Å². The van der Waals surface area contributed by atoms with E-state index in [9.17, 15) is 4.79 Å². The molecule has 2 rings (SSSR count). The van der Waals surface area contributed by atoms with Crippen LogP contribution < -0.4 is 0 Å². The van der Waals surface area contributed by atoms with E-state index in [0.29, 0.717) is 24.2 Å². The van der Waals surface area contributed by atoms with Crippen molar-refractivity contribution in [3.63, 3.8) is 0 Å². The van der Waals surface area contributed by atoms with Gasteiger partial charge >= 0.3 is 0 Å². The lowest BCUT2D eigenvalue weighted by atomic mass is 9.90. The lowest BCUT2D eigenvalue weighted by molar-refractivity contribution is -0.132. The number of amides is 1. The van der Waals surface area contributed by atoms with Gasteiger partial charge in [0.2, 0.25) is 5.91 Å². The van der Waals surface area contributed by atoms with Crippen molar-refractivity contribution in [2.75, 3.05) is 13.1 Å². The Morgan fingerprint density at radius 2 is 2.05 bits per heavy atom. The molecule has 1 aliphatic rings. The van der Waals surface area contributed by atoms with Crippen LogP contribution in [-0.2, 0) is 4.79 Å². The first-order chi connectivity index (χ1) is 9.16. The Balaban J connectivity index is 1.92. The molecule has 1 amide bonds. The summed E-state index contributed by atoms with van der Waals surface area (Å²) in [6.07, 6.45) is 4.05. The highest BCUT2D eigenvalue weighted by Crippen LogP contribution is 2.27. The predicted molar refractivity (Wildman–Crippen MR) is 79.1 cm³/mol. The smallest absolute Gasteiger partial charge is 0.222 e. The molecular weight excluding hydrogens is 234 g/mol. The Morgan fingerprint density at radius 1 is 1.32 bits per heavy atom. The van der Waals surface area contributed by atoms with Gasteiger partial charge in [0.15, 0.2) is 0 Å². The first kappa shape index (κ1) is 14.1. The second kappa shape index (κ2) is 6.74. The maximum Gasteiger partial charge on any atom is 0.222 e. The Labute approximate surface area is 116 Å². The average molecular weight is 259 g/mol. The summed E-state index contributed by atoms with van der Waals surface area (Å²) in [6.45, 7) is 6.20. The van der Waals surface area contributed by atoms with E-state index >= 15 is 0 Å². The second-order valence-electron chi connectivity index (χ2n) is 6.02. The summed E-state index contributed by atoms with van der Waals surface area (Å²) < 4.78 is 0. The van der Waals surface area contributed by atoms with Crippen molar-refractivity contribution in [2.24, 2.45) is 5.92 Å². The third-order valence-corrected chi connectivity index (χ3v) is 3.98. The molecule has 0 N–H and O–H groups in total. The van der Waals surface area contributed by atoms with Crippen LogP contribution >= 0.6 is 0 Å². The number of hydrogen-bond donors (Lipinski definition) is 0. The number of benzene rings is 1. The zero-order chi connectivity index (χ0) is 13.7. The van der Waals surface area contributed by atoms with Crippen molar-refractivity contribution in [3.8, 4) is 0 Å². The summed E-state index contributed by atoms with van der Waals surface area (Å²) in [4.78, 5) is 14.3. The van der Waals surface area contributed by atoms with Gasteiger partial charge in [0.25, 0.3) is 0 Å². The summed E-state index contributed by atoms with van der Waals surface area (Å²) in [7, 11) is 0. The van der Waals surface area contributed by atoms with E-state index in [1.54, 1.807) is 0 Å². The normalized spacial score (nSPS) is 19.7. The highest BCUT2D eigenvalue weighted by Gasteiger charge is 2.24. The van der Waals surface area contributed by atoms with Crippen LogP contribution in [0.5, 0.6) is 0 Å². The fraction of sp³-hybridized carbons (Fsp3) is 0.588. The molecule has 0 radical (unpaired) electrons. The summed E-state index contributed by atoms with van der Waals surface area (Å²) in [5, 5.41) is 0. The predicted octanol–water partition coefficient (Wildman–Crippen LogP) is 3.83. The van der Waals surface area contributed by atoms with E-state index in [1.807, 2.05) is 0 Å². The lowest BCUT2D eigenvalue weighted by Crippen LogP contribution is -2.39. The molecule has 0 saturated carbocycles. The number of carbonyl (C=O) groups excluding carboxylic acids is 1. The molecule has 0 bridgehead atoms. The molecule has 0 aliphatic carbocycles. The quantitative estimate of drug-likeness (QED) is 0.804. The summed E-state index contributed by atoms with van der Waals surface area (Å²) in [6, 6.07) is 10.6. The van der Waals surface area contributed by atoms with Crippen LogP contribution in [0.1, 0.15) is 51.0 Å². The van der Waals surface area contributed by atoms with Gasteiger partial charge in [-0.25, -0.2) is 0 Å². The van der Waals surface area contributed by atoms with Crippen LogP contribution in [0.3, 0.4) is 0 Å². The molecule has 19 heavy (non-hydrogen) atoms. The molecule has 0 spiro atoms. The minimum absolute atomic E-state index is 0.342. The molecule has 0 aromatic heterocycles. The molecule has 2 nitrogen and oxygen atoms in total. The first-order valence-corrected chi connectivity index (χ1v) is 7.49. The molecule has 1 atom stereocenters. The molecule has 2 heteroatoms. The molecule has 1 saturated heterocycles. The highest BCUT2D eigenvalue weighted by molar-refractivity contribution is 5.76. The van der Waals surface area contributed by atoms with Crippen LogP contribution in [0.2, 0.25) is 0 Å². The van der Waals surface area contributed by atoms with E-state index in [4.69, 9.17) is 0 Å². The second-order valence-corrected chi connectivity index (χ2v) is 6.02. The molecule has 104 valence electrons. The maximum absolute atomic E-state index is 12.2. The Bertz CT molecular complexity index is 399. The molecular formula is C17H25NO. The van der Waals surface area contributed by atoms with Gasteiger partial charge in [-0.1, -0.05) is 44.2 Å². The topological polar surface area (TPSA) is 20.3 Å². The van der Waals surface area contributed by atoms with Gasteiger partial charge in [-0.15, -0.1) is 0 Å². The van der Waals surface area contributed by atoms with Crippen LogP contribution in [0.4, 0.5) is 0 Å². The molecule has 1 aromatic rings. The van der Waals surface area contributed by atoms with Gasteiger partial charge in [0, 0.05) is 25.4 Å². The van der Waals surface area contributed by atoms with Gasteiger partial charge in [-0.2, -0.15) is 0 Å². The molecule has 0 unspecified atom stereocenters. The van der Waals surface area contributed by atoms with Gasteiger partial charge in [0.1, 0.15) is 0 Å². The minimum atomic E-state index is 0.342. The number of rotatable bonds is 4. The molecule has 1 fully saturated rings. The summed E-state index contributed by atoms with van der Waals surface area (Å²) >= 11 is 0. The summed E-state index contributed by atoms with van der Waals surface area (Å²) in [5.41, 5.74) is 1.38. The van der Waals surface area contributed by atoms with E-state index in [1.165, 1.54) is 12.0 Å². The Hall–Kier alpha value is -1.31. The molecule has 1 heterocycles. The fourth-order valence-corrected chi connectivity index (χ4v) is 2.77. The number of likely N-dealkylation sites (tertiary alicyclic amines) is 1. The monoisotopic (exact) mass is 259 g/mol. The SMILES string of the molecule is CC(C)CCC(=O)N1CCC[C@H](c2ccccc2)C1. The van der Waals surface area contributed by atoms with Gasteiger partial charge in [-0.05, 0) is 30.7 Å². The van der Waals surface area contributed by atoms with Gasteiger partial charge in [-0.3, -0.25) is 4.79 Å². The van der Waals surface area contributed by atoms with Crippen LogP contribution in [0.25, 0.3) is 0 Å². The van der Waals surface area contributed by atoms with E-state index in [0.717, 1.165) is 25.9 Å². The van der Waals surface area contributed by atoms with E-state index in [-0.39, 0.29) is 0 Å². The van der Waals surface area contributed by atoms with Gasteiger partial charge < -0.3 is 4.90 Å². The fourth-order valence-electron chi connectivity index (χ4n) is 2.77. The zero-order valence-electron chi connectivity index (χ0n) is 12.1. The largest absolute Gasteiger partial charge is 0.342 e. The number of carbonyl (C=O) groups is 1. The number of piperidine rings is 1. The average Bonchev–Trinajstić information content (AvgIpc) is 2.46. The standard InChI is InChI=1S/C17H25NO/c1-14(2)10-11-17(19)18-12-6-9-16(13-18)15-7-4-3-5-8-15/h3-5,7-8,14,16H,6,9-13H2,1-2H3/t16-/m0/s1. The van der Waals surface area contributed by atoms with E-state index < -0.39 is 0 Å². The van der Waals surface area contributed by atoms with Crippen LogP contribution in [0.15, 0.2) is 30.3 Å². The summed E-state index contributed by atoms with van der Waals surface area (Å²) in [5.74, 6) is 1.48. The Morgan fingerprint density at radius 3 is 2.74 bits per heavy atom. The minimum Gasteiger partial charge on any atom is -0.342 e. The van der Waals surface area contributed by atoms with Crippen molar-refractivity contribution in [3.05, 3.63) is 35.9 Å². The first-order valence-electron chi connectivity index (χ1n) is 7.49. The third-order valence-electron chi connectivity index (χ3n) is 3.98. The van der Waals surface area contributed by atoms with Crippen molar-refractivity contribution in [2.45, 2.75) is 45.4 Å². The van der Waals surface area contributed by atoms with Gasteiger partial charge in [0.05, 0.1) is 0 Å². The van der Waals surface area contributed by atoms with Crippen molar-refractivity contribution in [1.82, 2.24) is 4.90 Å². The molecule has 1 aromatic carbocycles. The highest BCUT2D eigenvalue weighted by atomic mass is 16.2. The van der Waals surface area contributed by atoms with Crippen molar-refractivity contribution < 1.29 is 4.79 Å². The van der Waals surface area contributed by atoms with Crippen LogP contribution in [0, 0.1) is 5.92 Å². The van der Waals surface area contributed by atoms with Crippen molar-refractivity contribution >= 4 is 5.91 Å². The Kier molecular flexibility index (Phi) is 5.00. The lowest BCUT2D eigenvalue weighted by Gasteiger charge is -2.33. The molecule has 1 aliphatic heterocycles. The maximum atomic E-state index is 12.2. The zero-order valence-corrected chi connectivity index (χ0v) is 12.1. The number of hydrogen-bond acceptors (Lipinski definition) is 1. The third kappa shape index (κ3) is 4.09. The van der Waals surface area contributed by atoms with E-state index in [2.05, 4.69) is 49.1 Å². The number of nitrogens with zero attached hydrogens (tertiary/aromatic N) is 1.